The maximum absolute atomic E-state index is 10.6. The quantitative estimate of drug-likeness (QED) is 0.349. The van der Waals surface area contributed by atoms with Gasteiger partial charge in [-0.25, -0.2) is 9.98 Å². The molecule has 2 heterocycles. The number of benzene rings is 2. The van der Waals surface area contributed by atoms with Crippen LogP contribution in [0.25, 0.3) is 10.9 Å². The molecule has 5 nitrogen and oxygen atoms in total. The van der Waals surface area contributed by atoms with Crippen LogP contribution in [0.15, 0.2) is 47.5 Å². The van der Waals surface area contributed by atoms with Gasteiger partial charge in [-0.3, -0.25) is 0 Å². The summed E-state index contributed by atoms with van der Waals surface area (Å²) in [7, 11) is 0. The standard InChI is InChI=1S/C36H46N2O3/c1-23-18-25-14-15-30(37-31(25)29(39)19-23)40-28-21-26(24-12-9-8-10-13-24)20-27(22-28)32-38-35(7)34(5,6)16-11-17-36(35,41-32)33(2,3)4/h14-15,18-22,24,39H,8-13,16-17H2,1-7H3/t35-,36-/m0/s1. The molecule has 41 heavy (non-hydrogen) atoms. The summed E-state index contributed by atoms with van der Waals surface area (Å²) in [5, 5.41) is 11.4. The average Bonchev–Trinajstić information content (AvgIpc) is 3.25. The third-order valence-corrected chi connectivity index (χ3v) is 10.6. The topological polar surface area (TPSA) is 63.9 Å². The van der Waals surface area contributed by atoms with Crippen LogP contribution in [0.4, 0.5) is 0 Å². The molecule has 0 radical (unpaired) electrons. The number of pyridine rings is 1. The van der Waals surface area contributed by atoms with Crippen LogP contribution in [0.3, 0.4) is 0 Å². The molecule has 2 saturated carbocycles. The van der Waals surface area contributed by atoms with Crippen LogP contribution >= 0.6 is 0 Å². The molecule has 2 fully saturated rings. The molecule has 1 aliphatic heterocycles. The lowest BCUT2D eigenvalue weighted by Gasteiger charge is -2.58. The van der Waals surface area contributed by atoms with E-state index < -0.39 is 0 Å². The number of hydrogen-bond acceptors (Lipinski definition) is 5. The second kappa shape index (κ2) is 9.74. The van der Waals surface area contributed by atoms with Crippen LogP contribution in [0.1, 0.15) is 116 Å². The van der Waals surface area contributed by atoms with Gasteiger partial charge in [0.2, 0.25) is 11.8 Å². The van der Waals surface area contributed by atoms with E-state index in [1.807, 2.05) is 25.1 Å². The number of aromatic nitrogens is 1. The number of aromatic hydroxyl groups is 1. The molecule has 1 N–H and O–H groups in total. The highest BCUT2D eigenvalue weighted by Crippen LogP contribution is 2.62. The summed E-state index contributed by atoms with van der Waals surface area (Å²) >= 11 is 0. The summed E-state index contributed by atoms with van der Waals surface area (Å²) in [5.74, 6) is 2.60. The van der Waals surface area contributed by atoms with E-state index in [1.54, 1.807) is 6.07 Å². The lowest BCUT2D eigenvalue weighted by Crippen LogP contribution is -2.65. The molecule has 6 rings (SSSR count). The molecule has 3 aliphatic rings. The van der Waals surface area contributed by atoms with Gasteiger partial charge in [-0.2, -0.15) is 0 Å². The van der Waals surface area contributed by atoms with E-state index in [-0.39, 0.29) is 27.7 Å². The number of ether oxygens (including phenoxy) is 2. The number of rotatable bonds is 4. The van der Waals surface area contributed by atoms with Crippen molar-refractivity contribution in [2.75, 3.05) is 0 Å². The lowest BCUT2D eigenvalue weighted by atomic mass is 9.51. The molecule has 5 heteroatoms. The summed E-state index contributed by atoms with van der Waals surface area (Å²) in [6.45, 7) is 15.9. The Balaban J connectivity index is 1.44. The van der Waals surface area contributed by atoms with Gasteiger partial charge in [-0.1, -0.05) is 53.9 Å². The molecule has 0 unspecified atom stereocenters. The van der Waals surface area contributed by atoms with Crippen molar-refractivity contribution in [2.45, 2.75) is 117 Å². The fourth-order valence-electron chi connectivity index (χ4n) is 7.98. The Morgan fingerprint density at radius 1 is 0.927 bits per heavy atom. The Labute approximate surface area is 245 Å². The molecule has 3 aromatic rings. The number of phenols is 1. The van der Waals surface area contributed by atoms with Gasteiger partial charge in [0.1, 0.15) is 28.2 Å². The summed E-state index contributed by atoms with van der Waals surface area (Å²) in [6, 6.07) is 14.1. The zero-order valence-corrected chi connectivity index (χ0v) is 25.9. The zero-order chi connectivity index (χ0) is 29.2. The summed E-state index contributed by atoms with van der Waals surface area (Å²) in [6.07, 6.45) is 9.47. The number of nitrogens with zero attached hydrogens (tertiary/aromatic N) is 2. The molecule has 0 amide bonds. The van der Waals surface area contributed by atoms with Crippen molar-refractivity contribution in [2.24, 2.45) is 15.8 Å². The van der Waals surface area contributed by atoms with Gasteiger partial charge in [0, 0.05) is 22.4 Å². The largest absolute Gasteiger partial charge is 0.506 e. The number of aryl methyl sites for hydroxylation is 1. The van der Waals surface area contributed by atoms with E-state index in [0.717, 1.165) is 47.4 Å². The number of hydrogen-bond donors (Lipinski definition) is 1. The molecule has 218 valence electrons. The van der Waals surface area contributed by atoms with Gasteiger partial charge in [-0.05, 0) is 105 Å². The minimum Gasteiger partial charge on any atom is -0.506 e. The first kappa shape index (κ1) is 28.1. The number of fused-ring (bicyclic) bond motifs is 2. The van der Waals surface area contributed by atoms with Crippen LogP contribution in [-0.2, 0) is 4.74 Å². The van der Waals surface area contributed by atoms with Crippen molar-refractivity contribution in [3.8, 4) is 17.4 Å². The monoisotopic (exact) mass is 554 g/mol. The van der Waals surface area contributed by atoms with Crippen molar-refractivity contribution in [3.63, 3.8) is 0 Å². The van der Waals surface area contributed by atoms with E-state index >= 15 is 0 Å². The second-order valence-corrected chi connectivity index (χ2v) is 14.6. The average molecular weight is 555 g/mol. The van der Waals surface area contributed by atoms with Crippen molar-refractivity contribution >= 4 is 16.8 Å². The maximum atomic E-state index is 10.6. The first-order valence-corrected chi connectivity index (χ1v) is 15.5. The SMILES string of the molecule is Cc1cc(O)c2nc(Oc3cc(C4=N[C@@]5(C)C(C)(C)CCC[C@@]5(C(C)(C)C)O4)cc(C4CCCCC4)c3)ccc2c1. The molecule has 2 atom stereocenters. The normalized spacial score (nSPS) is 26.4. The van der Waals surface area contributed by atoms with Crippen molar-refractivity contribution in [1.82, 2.24) is 4.98 Å². The maximum Gasteiger partial charge on any atom is 0.219 e. The fraction of sp³-hybridized carbons (Fsp3) is 0.556. The Hall–Kier alpha value is -3.08. The molecular weight excluding hydrogens is 508 g/mol. The zero-order valence-electron chi connectivity index (χ0n) is 25.9. The van der Waals surface area contributed by atoms with E-state index in [9.17, 15) is 5.11 Å². The first-order valence-electron chi connectivity index (χ1n) is 15.5. The van der Waals surface area contributed by atoms with Crippen molar-refractivity contribution < 1.29 is 14.6 Å². The van der Waals surface area contributed by atoms with Crippen LogP contribution in [-0.4, -0.2) is 27.1 Å². The first-order chi connectivity index (χ1) is 19.3. The Bertz CT molecular complexity index is 1510. The van der Waals surface area contributed by atoms with Crippen molar-refractivity contribution in [1.29, 1.82) is 0 Å². The van der Waals surface area contributed by atoms with Gasteiger partial charge in [0.05, 0.1) is 0 Å². The van der Waals surface area contributed by atoms with Crippen LogP contribution in [0.5, 0.6) is 17.4 Å². The molecule has 0 saturated heterocycles. The van der Waals surface area contributed by atoms with Crippen LogP contribution in [0.2, 0.25) is 0 Å². The van der Waals surface area contributed by atoms with Crippen molar-refractivity contribution in [3.05, 3.63) is 59.2 Å². The minimum atomic E-state index is -0.380. The Morgan fingerprint density at radius 3 is 2.39 bits per heavy atom. The molecule has 0 spiro atoms. The highest BCUT2D eigenvalue weighted by Gasteiger charge is 2.68. The summed E-state index contributed by atoms with van der Waals surface area (Å²) in [4.78, 5) is 10.2. The predicted octanol–water partition coefficient (Wildman–Crippen LogP) is 9.62. The highest BCUT2D eigenvalue weighted by molar-refractivity contribution is 5.97. The van der Waals surface area contributed by atoms with E-state index in [1.165, 1.54) is 37.7 Å². The van der Waals surface area contributed by atoms with E-state index in [2.05, 4.69) is 64.7 Å². The van der Waals surface area contributed by atoms with Crippen LogP contribution in [0, 0.1) is 17.8 Å². The summed E-state index contributed by atoms with van der Waals surface area (Å²) in [5.41, 5.74) is 3.02. The molecule has 2 aliphatic carbocycles. The van der Waals surface area contributed by atoms with Gasteiger partial charge >= 0.3 is 0 Å². The Morgan fingerprint density at radius 2 is 1.68 bits per heavy atom. The fourth-order valence-corrected chi connectivity index (χ4v) is 7.98. The van der Waals surface area contributed by atoms with Crippen LogP contribution < -0.4 is 4.74 Å². The van der Waals surface area contributed by atoms with E-state index in [4.69, 9.17) is 14.5 Å². The second-order valence-electron chi connectivity index (χ2n) is 14.6. The van der Waals surface area contributed by atoms with E-state index in [0.29, 0.717) is 17.3 Å². The third-order valence-electron chi connectivity index (χ3n) is 10.6. The molecular formula is C36H46N2O3. The minimum absolute atomic E-state index is 0.00988. The predicted molar refractivity (Wildman–Crippen MR) is 166 cm³/mol. The number of aliphatic imine (C=N–C) groups is 1. The van der Waals surface area contributed by atoms with Gasteiger partial charge < -0.3 is 14.6 Å². The Kier molecular flexibility index (Phi) is 6.67. The third kappa shape index (κ3) is 4.60. The lowest BCUT2D eigenvalue weighted by molar-refractivity contribution is -0.141. The highest BCUT2D eigenvalue weighted by atomic mass is 16.5. The van der Waals surface area contributed by atoms with Gasteiger partial charge in [0.25, 0.3) is 0 Å². The number of phenolic OH excluding ortho intramolecular Hbond substituents is 1. The smallest absolute Gasteiger partial charge is 0.219 e. The summed E-state index contributed by atoms with van der Waals surface area (Å²) < 4.78 is 13.6. The van der Waals surface area contributed by atoms with Gasteiger partial charge in [0.15, 0.2) is 0 Å². The molecule has 1 aromatic heterocycles. The molecule has 0 bridgehead atoms. The van der Waals surface area contributed by atoms with Gasteiger partial charge in [-0.15, -0.1) is 0 Å². The molecule has 2 aromatic carbocycles.